The van der Waals surface area contributed by atoms with Crippen LogP contribution < -0.4 is 20.1 Å². The first-order chi connectivity index (χ1) is 17.2. The molecule has 0 spiro atoms. The van der Waals surface area contributed by atoms with Crippen LogP contribution in [0.1, 0.15) is 37.1 Å². The van der Waals surface area contributed by atoms with E-state index in [0.717, 1.165) is 50.2 Å². The maximum absolute atomic E-state index is 14.5. The van der Waals surface area contributed by atoms with E-state index in [1.165, 1.54) is 0 Å². The Morgan fingerprint density at radius 2 is 1.72 bits per heavy atom. The van der Waals surface area contributed by atoms with Gasteiger partial charge in [-0.15, -0.1) is 0 Å². The third-order valence-electron chi connectivity index (χ3n) is 6.12. The summed E-state index contributed by atoms with van der Waals surface area (Å²) in [6.45, 7) is 1.12. The second kappa shape index (κ2) is 9.36. The van der Waals surface area contributed by atoms with Crippen molar-refractivity contribution in [2.24, 2.45) is 0 Å². The monoisotopic (exact) mass is 509 g/mol. The predicted octanol–water partition coefficient (Wildman–Crippen LogP) is 4.46. The van der Waals surface area contributed by atoms with Crippen molar-refractivity contribution in [3.8, 4) is 17.4 Å². The predicted molar refractivity (Wildman–Crippen MR) is 116 cm³/mol. The van der Waals surface area contributed by atoms with Crippen LogP contribution >= 0.6 is 0 Å². The average molecular weight is 509 g/mol. The Morgan fingerprint density at radius 1 is 1.00 bits per heavy atom. The highest BCUT2D eigenvalue weighted by molar-refractivity contribution is 5.45. The molecule has 36 heavy (non-hydrogen) atoms. The van der Waals surface area contributed by atoms with Crippen molar-refractivity contribution >= 4 is 5.82 Å². The average Bonchev–Trinajstić information content (AvgIpc) is 2.84. The minimum absolute atomic E-state index is 0.0421. The standard InChI is InChI=1S/C23H20F5N5O3/c24-16-7-13(8-17(25)20(16)36-15-10-29-21(30-11-15)23(26,27)28)12-35-18-9-19-32-5-2-1-3-14(32)4-6-33(19)22(34)31-18/h7-11,14H,1-6,12H2. The first-order valence-corrected chi connectivity index (χ1v) is 11.3. The summed E-state index contributed by atoms with van der Waals surface area (Å²) in [5, 5.41) is 0. The molecule has 0 saturated carbocycles. The highest BCUT2D eigenvalue weighted by atomic mass is 19.4. The van der Waals surface area contributed by atoms with Crippen LogP contribution in [0.4, 0.5) is 27.8 Å². The second-order valence-corrected chi connectivity index (χ2v) is 8.54. The van der Waals surface area contributed by atoms with E-state index in [2.05, 4.69) is 19.9 Å². The summed E-state index contributed by atoms with van der Waals surface area (Å²) in [6.07, 6.45) is 0.665. The first kappa shape index (κ1) is 23.9. The van der Waals surface area contributed by atoms with E-state index in [9.17, 15) is 26.7 Å². The molecular formula is C23H20F5N5O3. The maximum Gasteiger partial charge on any atom is 0.451 e. The minimum Gasteiger partial charge on any atom is -0.473 e. The molecule has 1 aromatic carbocycles. The maximum atomic E-state index is 14.5. The molecule has 0 N–H and O–H groups in total. The fourth-order valence-corrected chi connectivity index (χ4v) is 4.46. The molecular weight excluding hydrogens is 489 g/mol. The van der Waals surface area contributed by atoms with Crippen LogP contribution in [0.5, 0.6) is 17.4 Å². The Hall–Kier alpha value is -3.77. The Labute approximate surface area is 201 Å². The topological polar surface area (TPSA) is 82.4 Å². The Bertz CT molecular complexity index is 1310. The van der Waals surface area contributed by atoms with Crippen molar-refractivity contribution < 1.29 is 31.4 Å². The third kappa shape index (κ3) is 4.82. The summed E-state index contributed by atoms with van der Waals surface area (Å²) in [5.74, 6) is -4.06. The van der Waals surface area contributed by atoms with Gasteiger partial charge in [0.25, 0.3) is 0 Å². The molecule has 2 aliphatic rings. The van der Waals surface area contributed by atoms with Crippen LogP contribution in [-0.2, 0) is 19.3 Å². The molecule has 1 saturated heterocycles. The number of benzene rings is 1. The zero-order valence-electron chi connectivity index (χ0n) is 18.8. The lowest BCUT2D eigenvalue weighted by molar-refractivity contribution is -0.145. The highest BCUT2D eigenvalue weighted by Gasteiger charge is 2.34. The molecule has 8 nitrogen and oxygen atoms in total. The van der Waals surface area contributed by atoms with Crippen molar-refractivity contribution in [2.45, 2.75) is 51.1 Å². The van der Waals surface area contributed by atoms with E-state index < -0.39 is 35.1 Å². The summed E-state index contributed by atoms with van der Waals surface area (Å²) >= 11 is 0. The quantitative estimate of drug-likeness (QED) is 0.470. The minimum atomic E-state index is -4.76. The van der Waals surface area contributed by atoms with Crippen LogP contribution in [0, 0.1) is 11.6 Å². The summed E-state index contributed by atoms with van der Waals surface area (Å²) in [7, 11) is 0. The van der Waals surface area contributed by atoms with Crippen molar-refractivity contribution in [3.63, 3.8) is 0 Å². The lowest BCUT2D eigenvalue weighted by atomic mass is 9.97. The van der Waals surface area contributed by atoms with Gasteiger partial charge in [-0.3, -0.25) is 4.57 Å². The fourth-order valence-electron chi connectivity index (χ4n) is 4.46. The van der Waals surface area contributed by atoms with Gasteiger partial charge in [-0.1, -0.05) is 0 Å². The number of aromatic nitrogens is 4. The van der Waals surface area contributed by atoms with E-state index in [0.29, 0.717) is 25.0 Å². The van der Waals surface area contributed by atoms with Crippen molar-refractivity contribution in [3.05, 3.63) is 64.1 Å². The van der Waals surface area contributed by atoms with Crippen LogP contribution in [0.25, 0.3) is 0 Å². The number of halogens is 5. The number of hydrogen-bond acceptors (Lipinski definition) is 7. The summed E-state index contributed by atoms with van der Waals surface area (Å²) < 4.78 is 79.0. The summed E-state index contributed by atoms with van der Waals surface area (Å²) in [6, 6.07) is 3.93. The number of fused-ring (bicyclic) bond motifs is 3. The van der Waals surface area contributed by atoms with Gasteiger partial charge < -0.3 is 14.4 Å². The lowest BCUT2D eigenvalue weighted by Gasteiger charge is -2.42. The molecule has 2 aromatic heterocycles. The van der Waals surface area contributed by atoms with Crippen LogP contribution in [0.3, 0.4) is 0 Å². The van der Waals surface area contributed by atoms with Crippen molar-refractivity contribution in [1.82, 2.24) is 19.5 Å². The molecule has 5 rings (SSSR count). The Morgan fingerprint density at radius 3 is 2.42 bits per heavy atom. The molecule has 3 aromatic rings. The van der Waals surface area contributed by atoms with E-state index in [4.69, 9.17) is 9.47 Å². The van der Waals surface area contributed by atoms with Crippen LogP contribution in [-0.4, -0.2) is 32.1 Å². The number of hydrogen-bond donors (Lipinski definition) is 0. The van der Waals surface area contributed by atoms with Gasteiger partial charge >= 0.3 is 11.9 Å². The number of nitrogens with zero attached hydrogens (tertiary/aromatic N) is 5. The number of alkyl halides is 3. The zero-order valence-corrected chi connectivity index (χ0v) is 18.8. The molecule has 1 unspecified atom stereocenters. The zero-order chi connectivity index (χ0) is 25.4. The van der Waals surface area contributed by atoms with Gasteiger partial charge in [-0.2, -0.15) is 18.2 Å². The summed E-state index contributed by atoms with van der Waals surface area (Å²) in [5.41, 5.74) is -0.358. The van der Waals surface area contributed by atoms with E-state index in [-0.39, 0.29) is 23.8 Å². The molecule has 190 valence electrons. The fraction of sp³-hybridized carbons (Fsp3) is 0.391. The van der Waals surface area contributed by atoms with Gasteiger partial charge in [0.1, 0.15) is 12.4 Å². The molecule has 1 atom stereocenters. The van der Waals surface area contributed by atoms with E-state index in [1.54, 1.807) is 10.6 Å². The highest BCUT2D eigenvalue weighted by Crippen LogP contribution is 2.33. The van der Waals surface area contributed by atoms with E-state index in [1.807, 2.05) is 0 Å². The normalized spacial score (nSPS) is 17.4. The molecule has 0 radical (unpaired) electrons. The van der Waals surface area contributed by atoms with Gasteiger partial charge in [0.15, 0.2) is 23.1 Å². The number of rotatable bonds is 5. The molecule has 0 bridgehead atoms. The smallest absolute Gasteiger partial charge is 0.451 e. The largest absolute Gasteiger partial charge is 0.473 e. The SMILES string of the molecule is O=c1nc(OCc2cc(F)c(Oc3cnc(C(F)(F)F)nc3)c(F)c2)cc2n1CCC1CCCCN21. The molecule has 2 aliphatic heterocycles. The number of piperidine rings is 1. The van der Waals surface area contributed by atoms with Gasteiger partial charge in [0.2, 0.25) is 11.7 Å². The van der Waals surface area contributed by atoms with Gasteiger partial charge in [0.05, 0.1) is 12.4 Å². The Kier molecular flexibility index (Phi) is 6.22. The summed E-state index contributed by atoms with van der Waals surface area (Å²) in [4.78, 5) is 24.8. The second-order valence-electron chi connectivity index (χ2n) is 8.54. The lowest BCUT2D eigenvalue weighted by Crippen LogP contribution is -2.47. The van der Waals surface area contributed by atoms with Crippen molar-refractivity contribution in [1.29, 1.82) is 0 Å². The number of anilines is 1. The van der Waals surface area contributed by atoms with Gasteiger partial charge in [0, 0.05) is 25.2 Å². The van der Waals surface area contributed by atoms with E-state index >= 15 is 0 Å². The number of ether oxygens (including phenoxy) is 2. The third-order valence-corrected chi connectivity index (χ3v) is 6.12. The molecule has 4 heterocycles. The molecule has 13 heteroatoms. The first-order valence-electron chi connectivity index (χ1n) is 11.3. The molecule has 0 amide bonds. The Balaban J connectivity index is 1.30. The van der Waals surface area contributed by atoms with Crippen LogP contribution in [0.15, 0.2) is 35.4 Å². The van der Waals surface area contributed by atoms with Gasteiger partial charge in [-0.25, -0.2) is 23.5 Å². The molecule has 0 aliphatic carbocycles. The van der Waals surface area contributed by atoms with Crippen molar-refractivity contribution in [2.75, 3.05) is 11.4 Å². The van der Waals surface area contributed by atoms with Gasteiger partial charge in [-0.05, 0) is 43.4 Å². The van der Waals surface area contributed by atoms with Crippen LogP contribution in [0.2, 0.25) is 0 Å². The molecule has 1 fully saturated rings.